The topological polar surface area (TPSA) is 87.7 Å². The van der Waals surface area contributed by atoms with E-state index in [1.165, 1.54) is 6.07 Å². The van der Waals surface area contributed by atoms with Gasteiger partial charge in [0, 0.05) is 5.56 Å². The lowest BCUT2D eigenvalue weighted by atomic mass is 10.1. The van der Waals surface area contributed by atoms with Gasteiger partial charge in [0.25, 0.3) is 17.7 Å². The summed E-state index contributed by atoms with van der Waals surface area (Å²) in [5.41, 5.74) is 1.51. The quantitative estimate of drug-likeness (QED) is 0.408. The number of anilines is 2. The summed E-state index contributed by atoms with van der Waals surface area (Å²) in [5.74, 6) is -0.915. The maximum atomic E-state index is 13.1. The Balaban J connectivity index is 1.52. The number of halogens is 1. The van der Waals surface area contributed by atoms with Crippen molar-refractivity contribution in [3.63, 3.8) is 0 Å². The third-order valence-corrected chi connectivity index (χ3v) is 5.40. The first-order valence-corrected chi connectivity index (χ1v) is 10.8. The molecule has 0 saturated heterocycles. The fraction of sp³-hybridized carbons (Fsp3) is 0.0833. The molecule has 0 fully saturated rings. The number of carbonyl (C=O) groups is 3. The van der Waals surface area contributed by atoms with Gasteiger partial charge < -0.3 is 10.1 Å². The molecule has 7 nitrogen and oxygen atoms in total. The van der Waals surface area contributed by atoms with E-state index < -0.39 is 17.7 Å². The van der Waals surface area contributed by atoms with Crippen LogP contribution in [-0.2, 0) is 0 Å². The third-order valence-electron chi connectivity index (χ3n) is 4.90. The van der Waals surface area contributed by atoms with Gasteiger partial charge >= 0.3 is 0 Å². The van der Waals surface area contributed by atoms with Gasteiger partial charge in [-0.2, -0.15) is 0 Å². The van der Waals surface area contributed by atoms with Gasteiger partial charge in [-0.05, 0) is 61.6 Å². The van der Waals surface area contributed by atoms with Crippen molar-refractivity contribution in [3.8, 4) is 5.75 Å². The number of rotatable bonds is 5. The summed E-state index contributed by atoms with van der Waals surface area (Å²) in [5, 5.41) is 5.68. The molecule has 166 valence electrons. The predicted molar refractivity (Wildman–Crippen MR) is 130 cm³/mol. The molecule has 33 heavy (non-hydrogen) atoms. The van der Waals surface area contributed by atoms with Gasteiger partial charge in [0.1, 0.15) is 5.75 Å². The van der Waals surface area contributed by atoms with Crippen molar-refractivity contribution in [2.75, 3.05) is 16.8 Å². The highest BCUT2D eigenvalue weighted by molar-refractivity contribution is 7.80. The van der Waals surface area contributed by atoms with Crippen LogP contribution in [0.3, 0.4) is 0 Å². The number of imide groups is 1. The summed E-state index contributed by atoms with van der Waals surface area (Å²) >= 11 is 11.4. The van der Waals surface area contributed by atoms with Crippen LogP contribution in [0.4, 0.5) is 11.4 Å². The number of amides is 3. The molecule has 0 radical (unpaired) electrons. The lowest BCUT2D eigenvalue weighted by Gasteiger charge is -2.14. The Labute approximate surface area is 200 Å². The van der Waals surface area contributed by atoms with E-state index in [4.69, 9.17) is 28.6 Å². The lowest BCUT2D eigenvalue weighted by Crippen LogP contribution is -2.34. The van der Waals surface area contributed by atoms with Crippen LogP contribution < -0.4 is 20.3 Å². The Bertz CT molecular complexity index is 1280. The molecule has 3 aromatic carbocycles. The monoisotopic (exact) mass is 479 g/mol. The van der Waals surface area contributed by atoms with Crippen LogP contribution in [0.1, 0.15) is 38.0 Å². The average molecular weight is 480 g/mol. The molecule has 4 rings (SSSR count). The number of benzene rings is 3. The molecule has 0 saturated carbocycles. The Hall–Kier alpha value is -3.75. The molecule has 1 aliphatic heterocycles. The zero-order valence-electron chi connectivity index (χ0n) is 17.4. The molecule has 2 N–H and O–H groups in total. The van der Waals surface area contributed by atoms with Crippen LogP contribution in [0, 0.1) is 0 Å². The molecule has 0 aromatic heterocycles. The van der Waals surface area contributed by atoms with Crippen molar-refractivity contribution in [2.24, 2.45) is 0 Å². The molecule has 0 atom stereocenters. The van der Waals surface area contributed by atoms with Crippen LogP contribution >= 0.6 is 23.8 Å². The average Bonchev–Trinajstić information content (AvgIpc) is 3.06. The van der Waals surface area contributed by atoms with Crippen molar-refractivity contribution in [1.29, 1.82) is 0 Å². The Morgan fingerprint density at radius 3 is 2.48 bits per heavy atom. The molecule has 1 aliphatic rings. The van der Waals surface area contributed by atoms with Crippen molar-refractivity contribution >= 4 is 58.0 Å². The highest BCUT2D eigenvalue weighted by Gasteiger charge is 2.38. The predicted octanol–water partition coefficient (Wildman–Crippen LogP) is 4.67. The van der Waals surface area contributed by atoms with Crippen LogP contribution in [0.5, 0.6) is 5.75 Å². The van der Waals surface area contributed by atoms with E-state index in [-0.39, 0.29) is 21.8 Å². The standard InChI is InChI=1S/C24H18ClN3O4S/c1-2-32-19-12-11-14(13-17(19)25)21(29)27-24(33)26-18-10-6-9-16-20(18)23(31)28(22(16)30)15-7-4-3-5-8-15/h3-13H,2H2,1H3,(H2,26,27,29,33). The van der Waals surface area contributed by atoms with E-state index in [2.05, 4.69) is 10.6 Å². The third kappa shape index (κ3) is 4.44. The van der Waals surface area contributed by atoms with E-state index >= 15 is 0 Å². The second kappa shape index (κ2) is 9.40. The molecule has 0 spiro atoms. The summed E-state index contributed by atoms with van der Waals surface area (Å²) in [6.45, 7) is 2.28. The highest BCUT2D eigenvalue weighted by Crippen LogP contribution is 2.32. The largest absolute Gasteiger partial charge is 0.492 e. The lowest BCUT2D eigenvalue weighted by molar-refractivity contribution is 0.0924. The SMILES string of the molecule is CCOc1ccc(C(=O)NC(=S)Nc2cccc3c2C(=O)N(c2ccccc2)C3=O)cc1Cl. The van der Waals surface area contributed by atoms with Crippen molar-refractivity contribution in [1.82, 2.24) is 5.32 Å². The molecular formula is C24H18ClN3O4S. The molecule has 0 unspecified atom stereocenters. The molecule has 1 heterocycles. The molecular weight excluding hydrogens is 462 g/mol. The van der Waals surface area contributed by atoms with Gasteiger partial charge in [-0.3, -0.25) is 19.7 Å². The first-order valence-electron chi connectivity index (χ1n) is 10.0. The van der Waals surface area contributed by atoms with Gasteiger partial charge in [0.15, 0.2) is 5.11 Å². The number of carbonyl (C=O) groups excluding carboxylic acids is 3. The second-order valence-electron chi connectivity index (χ2n) is 7.00. The molecule has 9 heteroatoms. The summed E-state index contributed by atoms with van der Waals surface area (Å²) in [6, 6.07) is 18.1. The zero-order valence-corrected chi connectivity index (χ0v) is 19.0. The number of thiocarbonyl (C=S) groups is 1. The van der Waals surface area contributed by atoms with Gasteiger partial charge in [0.05, 0.1) is 34.1 Å². The maximum Gasteiger partial charge on any atom is 0.268 e. The number of nitrogens with one attached hydrogen (secondary N) is 2. The minimum atomic E-state index is -0.488. The zero-order chi connectivity index (χ0) is 23.5. The van der Waals surface area contributed by atoms with Crippen LogP contribution in [-0.4, -0.2) is 29.4 Å². The van der Waals surface area contributed by atoms with Crippen LogP contribution in [0.25, 0.3) is 0 Å². The van der Waals surface area contributed by atoms with Gasteiger partial charge in [-0.25, -0.2) is 4.90 Å². The van der Waals surface area contributed by atoms with Crippen LogP contribution in [0.2, 0.25) is 5.02 Å². The number of para-hydroxylation sites is 1. The van der Waals surface area contributed by atoms with E-state index in [1.807, 2.05) is 6.92 Å². The van der Waals surface area contributed by atoms with Gasteiger partial charge in [-0.15, -0.1) is 0 Å². The molecule has 3 amide bonds. The highest BCUT2D eigenvalue weighted by atomic mass is 35.5. The minimum absolute atomic E-state index is 0.0307. The van der Waals surface area contributed by atoms with E-state index in [1.54, 1.807) is 60.7 Å². The van der Waals surface area contributed by atoms with Crippen molar-refractivity contribution < 1.29 is 19.1 Å². The normalized spacial score (nSPS) is 12.4. The molecule has 0 bridgehead atoms. The van der Waals surface area contributed by atoms with E-state index in [9.17, 15) is 14.4 Å². The van der Waals surface area contributed by atoms with E-state index in [0.717, 1.165) is 4.90 Å². The summed E-state index contributed by atoms with van der Waals surface area (Å²) in [4.78, 5) is 39.6. The van der Waals surface area contributed by atoms with Gasteiger partial charge in [0.2, 0.25) is 0 Å². The summed E-state index contributed by atoms with van der Waals surface area (Å²) < 4.78 is 5.37. The second-order valence-corrected chi connectivity index (χ2v) is 7.81. The smallest absolute Gasteiger partial charge is 0.268 e. The Kier molecular flexibility index (Phi) is 6.39. The number of hydrogen-bond acceptors (Lipinski definition) is 5. The molecule has 0 aliphatic carbocycles. The Morgan fingerprint density at radius 1 is 1.03 bits per heavy atom. The fourth-order valence-electron chi connectivity index (χ4n) is 3.44. The first kappa shape index (κ1) is 22.4. The Morgan fingerprint density at radius 2 is 1.79 bits per heavy atom. The number of fused-ring (bicyclic) bond motifs is 1. The summed E-state index contributed by atoms with van der Waals surface area (Å²) in [6.07, 6.45) is 0. The van der Waals surface area contributed by atoms with Crippen molar-refractivity contribution in [2.45, 2.75) is 6.92 Å². The number of hydrogen-bond donors (Lipinski definition) is 2. The first-order chi connectivity index (χ1) is 15.9. The fourth-order valence-corrected chi connectivity index (χ4v) is 3.88. The van der Waals surface area contributed by atoms with Crippen LogP contribution in [0.15, 0.2) is 66.7 Å². The summed E-state index contributed by atoms with van der Waals surface area (Å²) in [7, 11) is 0. The molecule has 3 aromatic rings. The van der Waals surface area contributed by atoms with Crippen molar-refractivity contribution in [3.05, 3.63) is 88.4 Å². The van der Waals surface area contributed by atoms with E-state index in [0.29, 0.717) is 28.8 Å². The maximum absolute atomic E-state index is 13.1. The minimum Gasteiger partial charge on any atom is -0.492 e. The van der Waals surface area contributed by atoms with Gasteiger partial charge in [-0.1, -0.05) is 35.9 Å². The number of nitrogens with zero attached hydrogens (tertiary/aromatic N) is 1. The number of ether oxygens (including phenoxy) is 1.